The maximum atomic E-state index is 14.6. The van der Waals surface area contributed by atoms with Gasteiger partial charge in [0, 0.05) is 19.7 Å². The van der Waals surface area contributed by atoms with Gasteiger partial charge in [-0.25, -0.2) is 9.18 Å². The number of rotatable bonds is 5. The van der Waals surface area contributed by atoms with E-state index in [0.717, 1.165) is 0 Å². The lowest BCUT2D eigenvalue weighted by Crippen LogP contribution is -2.51. The summed E-state index contributed by atoms with van der Waals surface area (Å²) < 4.78 is 26.6. The molecule has 1 saturated heterocycles. The molecule has 0 spiro atoms. The first-order chi connectivity index (χ1) is 15.4. The van der Waals surface area contributed by atoms with Gasteiger partial charge in [-0.3, -0.25) is 14.7 Å². The van der Waals surface area contributed by atoms with Crippen molar-refractivity contribution in [3.8, 4) is 0 Å². The molecule has 178 valence electrons. The fraction of sp³-hybridized carbons (Fsp3) is 0.480. The van der Waals surface area contributed by atoms with Gasteiger partial charge in [0.25, 0.3) is 5.91 Å². The summed E-state index contributed by atoms with van der Waals surface area (Å²) in [5.41, 5.74) is -0.273. The summed E-state index contributed by atoms with van der Waals surface area (Å²) in [7, 11) is 1.56. The molecule has 0 bridgehead atoms. The average molecular weight is 458 g/mol. The van der Waals surface area contributed by atoms with Gasteiger partial charge in [-0.15, -0.1) is 0 Å². The second-order valence-electron chi connectivity index (χ2n) is 9.60. The smallest absolute Gasteiger partial charge is 0.412 e. The van der Waals surface area contributed by atoms with Gasteiger partial charge in [-0.05, 0) is 64.8 Å². The van der Waals surface area contributed by atoms with E-state index in [1.54, 1.807) is 78.2 Å². The second-order valence-corrected chi connectivity index (χ2v) is 9.60. The van der Waals surface area contributed by atoms with Crippen LogP contribution in [0.2, 0.25) is 0 Å². The Hall–Kier alpha value is -3.00. The molecule has 8 heteroatoms. The first kappa shape index (κ1) is 24.6. The molecule has 2 aromatic rings. The van der Waals surface area contributed by atoms with Crippen LogP contribution in [0.4, 0.5) is 9.18 Å². The summed E-state index contributed by atoms with van der Waals surface area (Å²) in [6, 6.07) is 9.32. The zero-order chi connectivity index (χ0) is 24.4. The Kier molecular flexibility index (Phi) is 7.07. The Morgan fingerprint density at radius 2 is 1.88 bits per heavy atom. The maximum Gasteiger partial charge on any atom is 0.412 e. The highest BCUT2D eigenvalue weighted by atomic mass is 19.1. The number of aromatic nitrogens is 1. The molecule has 1 aliphatic heterocycles. The Morgan fingerprint density at radius 1 is 1.18 bits per heavy atom. The van der Waals surface area contributed by atoms with Crippen LogP contribution in [0.25, 0.3) is 0 Å². The topological polar surface area (TPSA) is 80.8 Å². The minimum absolute atomic E-state index is 0.224. The number of carbonyl (C=O) groups is 2. The molecule has 0 saturated carbocycles. The third kappa shape index (κ3) is 5.68. The summed E-state index contributed by atoms with van der Waals surface area (Å²) >= 11 is 0. The molecular formula is C25H32FN3O4. The number of nitrogens with one attached hydrogen (secondary N) is 1. The summed E-state index contributed by atoms with van der Waals surface area (Å²) in [5.74, 6) is -0.612. The lowest BCUT2D eigenvalue weighted by Gasteiger charge is -2.35. The van der Waals surface area contributed by atoms with E-state index in [-0.39, 0.29) is 24.6 Å². The third-order valence-corrected chi connectivity index (χ3v) is 5.51. The lowest BCUT2D eigenvalue weighted by molar-refractivity contribution is -0.0785. The van der Waals surface area contributed by atoms with Crippen molar-refractivity contribution in [3.63, 3.8) is 0 Å². The van der Waals surface area contributed by atoms with Gasteiger partial charge in [-0.2, -0.15) is 0 Å². The second kappa shape index (κ2) is 9.47. The van der Waals surface area contributed by atoms with Crippen molar-refractivity contribution in [2.24, 2.45) is 0 Å². The number of halogens is 1. The van der Waals surface area contributed by atoms with Crippen molar-refractivity contribution >= 4 is 12.0 Å². The normalized spacial score (nSPS) is 19.9. The van der Waals surface area contributed by atoms with Gasteiger partial charge >= 0.3 is 6.09 Å². The number of hydrogen-bond acceptors (Lipinski definition) is 5. The highest BCUT2D eigenvalue weighted by Crippen LogP contribution is 2.37. The molecule has 1 N–H and O–H groups in total. The number of ether oxygens (including phenoxy) is 2. The van der Waals surface area contributed by atoms with Crippen molar-refractivity contribution in [3.05, 3.63) is 65.2 Å². The number of nitrogens with zero attached hydrogens (tertiary/aromatic N) is 2. The van der Waals surface area contributed by atoms with Gasteiger partial charge in [-0.1, -0.05) is 18.2 Å². The molecule has 1 aromatic carbocycles. The standard InChI is InChI=1S/C25H32FN3O4/c1-24(2,3)33-23(31)29-20(14-16-10-7-8-12-18(16)26)21(32-25(29,4)5)15-19-17(22(30)27-6)11-9-13-28-19/h7-13,20-21H,14-15H2,1-6H3,(H,27,30). The van der Waals surface area contributed by atoms with Gasteiger partial charge in [0.1, 0.15) is 17.1 Å². The van der Waals surface area contributed by atoms with Gasteiger partial charge < -0.3 is 14.8 Å². The molecule has 2 amide bonds. The van der Waals surface area contributed by atoms with Crippen LogP contribution in [-0.4, -0.2) is 52.4 Å². The summed E-state index contributed by atoms with van der Waals surface area (Å²) in [6.45, 7) is 8.94. The Bertz CT molecular complexity index is 1020. The minimum Gasteiger partial charge on any atom is -0.444 e. The van der Waals surface area contributed by atoms with Crippen LogP contribution in [0.3, 0.4) is 0 Å². The lowest BCUT2D eigenvalue weighted by atomic mass is 9.95. The van der Waals surface area contributed by atoms with Crippen molar-refractivity contribution in [2.75, 3.05) is 7.05 Å². The first-order valence-corrected chi connectivity index (χ1v) is 11.0. The molecule has 3 rings (SSSR count). The van der Waals surface area contributed by atoms with Gasteiger partial charge in [0.05, 0.1) is 23.4 Å². The number of amides is 2. The van der Waals surface area contributed by atoms with Crippen molar-refractivity contribution in [1.29, 1.82) is 0 Å². The molecule has 0 radical (unpaired) electrons. The van der Waals surface area contributed by atoms with Crippen LogP contribution in [-0.2, 0) is 22.3 Å². The van der Waals surface area contributed by atoms with E-state index in [1.807, 2.05) is 0 Å². The van der Waals surface area contributed by atoms with Gasteiger partial charge in [0.15, 0.2) is 0 Å². The fourth-order valence-corrected chi connectivity index (χ4v) is 4.16. The monoisotopic (exact) mass is 457 g/mol. The molecule has 1 aliphatic rings. The number of hydrogen-bond donors (Lipinski definition) is 1. The SMILES string of the molecule is CNC(=O)c1cccnc1CC1OC(C)(C)N(C(=O)OC(C)(C)C)C1Cc1ccccc1F. The highest BCUT2D eigenvalue weighted by molar-refractivity contribution is 5.95. The first-order valence-electron chi connectivity index (χ1n) is 11.0. The largest absolute Gasteiger partial charge is 0.444 e. The third-order valence-electron chi connectivity index (χ3n) is 5.51. The Labute approximate surface area is 194 Å². The maximum absolute atomic E-state index is 14.6. The van der Waals surface area contributed by atoms with E-state index in [2.05, 4.69) is 10.3 Å². The highest BCUT2D eigenvalue weighted by Gasteiger charge is 2.51. The van der Waals surface area contributed by atoms with Crippen molar-refractivity contribution < 1.29 is 23.5 Å². The molecule has 0 aliphatic carbocycles. The zero-order valence-corrected chi connectivity index (χ0v) is 20.0. The van der Waals surface area contributed by atoms with Crippen LogP contribution in [0, 0.1) is 5.82 Å². The Morgan fingerprint density at radius 3 is 2.52 bits per heavy atom. The van der Waals surface area contributed by atoms with Crippen molar-refractivity contribution in [1.82, 2.24) is 15.2 Å². The van der Waals surface area contributed by atoms with Crippen LogP contribution < -0.4 is 5.32 Å². The van der Waals surface area contributed by atoms with E-state index in [4.69, 9.17) is 9.47 Å². The summed E-state index contributed by atoms with van der Waals surface area (Å²) in [4.78, 5) is 31.5. The molecule has 2 heterocycles. The minimum atomic E-state index is -1.01. The molecule has 33 heavy (non-hydrogen) atoms. The van der Waals surface area contributed by atoms with Crippen LogP contribution in [0.1, 0.15) is 56.2 Å². The molecule has 1 aromatic heterocycles. The molecule has 2 unspecified atom stereocenters. The predicted molar refractivity (Wildman–Crippen MR) is 122 cm³/mol. The van der Waals surface area contributed by atoms with E-state index in [0.29, 0.717) is 16.8 Å². The van der Waals surface area contributed by atoms with E-state index in [1.165, 1.54) is 11.0 Å². The van der Waals surface area contributed by atoms with Crippen molar-refractivity contribution in [2.45, 2.75) is 70.9 Å². The molecule has 7 nitrogen and oxygen atoms in total. The van der Waals surface area contributed by atoms with Crippen LogP contribution >= 0.6 is 0 Å². The summed E-state index contributed by atoms with van der Waals surface area (Å²) in [5, 5.41) is 2.62. The van der Waals surface area contributed by atoms with E-state index >= 15 is 0 Å². The quantitative estimate of drug-likeness (QED) is 0.731. The number of pyridine rings is 1. The molecular weight excluding hydrogens is 425 g/mol. The van der Waals surface area contributed by atoms with Crippen LogP contribution in [0.15, 0.2) is 42.6 Å². The number of benzene rings is 1. The molecule has 2 atom stereocenters. The number of carbonyl (C=O) groups excluding carboxylic acids is 2. The predicted octanol–water partition coefficient (Wildman–Crippen LogP) is 4.11. The average Bonchev–Trinajstić information content (AvgIpc) is 2.97. The zero-order valence-electron chi connectivity index (χ0n) is 20.0. The summed E-state index contributed by atoms with van der Waals surface area (Å²) in [6.07, 6.45) is 1.03. The van der Waals surface area contributed by atoms with E-state index < -0.39 is 29.6 Å². The van der Waals surface area contributed by atoms with Crippen LogP contribution in [0.5, 0.6) is 0 Å². The van der Waals surface area contributed by atoms with Gasteiger partial charge in [0.2, 0.25) is 0 Å². The Balaban J connectivity index is 2.00. The fourth-order valence-electron chi connectivity index (χ4n) is 4.16. The molecule has 1 fully saturated rings. The van der Waals surface area contributed by atoms with E-state index in [9.17, 15) is 14.0 Å².